The van der Waals surface area contributed by atoms with E-state index in [2.05, 4.69) is 42.4 Å². The zero-order chi connectivity index (χ0) is 26.2. The minimum Gasteiger partial charge on any atom is -0.394 e. The SMILES string of the molecule is CC1[C@@H](NC(=O)[C@@H]2[C@H]([C@H](C)O)[C@H](CO)ON2Cc2cccc(NCCN(C)C)c2)C[C@H]2C[C@@H]1C2(C)C. The van der Waals surface area contributed by atoms with Gasteiger partial charge in [0, 0.05) is 30.7 Å². The maximum absolute atomic E-state index is 13.7. The third-order valence-corrected chi connectivity index (χ3v) is 9.22. The largest absolute Gasteiger partial charge is 0.394 e. The lowest BCUT2D eigenvalue weighted by molar-refractivity contribution is -0.183. The number of amides is 1. The Labute approximate surface area is 216 Å². The van der Waals surface area contributed by atoms with Gasteiger partial charge in [-0.25, -0.2) is 0 Å². The molecule has 1 aromatic carbocycles. The second-order valence-corrected chi connectivity index (χ2v) is 12.2. The molecule has 8 nitrogen and oxygen atoms in total. The molecule has 0 radical (unpaired) electrons. The van der Waals surface area contributed by atoms with Gasteiger partial charge in [0.15, 0.2) is 0 Å². The van der Waals surface area contributed by atoms with Gasteiger partial charge in [0.1, 0.15) is 12.1 Å². The summed E-state index contributed by atoms with van der Waals surface area (Å²) in [7, 11) is 4.09. The summed E-state index contributed by atoms with van der Waals surface area (Å²) in [5.41, 5.74) is 2.36. The van der Waals surface area contributed by atoms with Crippen LogP contribution in [-0.4, -0.2) is 84.2 Å². The van der Waals surface area contributed by atoms with Gasteiger partial charge in [-0.15, -0.1) is 0 Å². The minimum atomic E-state index is -0.793. The Kier molecular flexibility index (Phi) is 8.32. The van der Waals surface area contributed by atoms with Crippen molar-refractivity contribution in [2.75, 3.05) is 39.1 Å². The first-order valence-electron chi connectivity index (χ1n) is 13.5. The maximum atomic E-state index is 13.7. The zero-order valence-electron chi connectivity index (χ0n) is 22.8. The average Bonchev–Trinajstić information content (AvgIpc) is 3.18. The number of benzene rings is 1. The number of hydrogen-bond acceptors (Lipinski definition) is 7. The highest BCUT2D eigenvalue weighted by Gasteiger charge is 2.57. The summed E-state index contributed by atoms with van der Waals surface area (Å²) in [6.07, 6.45) is 0.824. The predicted molar refractivity (Wildman–Crippen MR) is 141 cm³/mol. The van der Waals surface area contributed by atoms with E-state index in [1.165, 1.54) is 6.42 Å². The van der Waals surface area contributed by atoms with Crippen LogP contribution in [0.4, 0.5) is 5.69 Å². The van der Waals surface area contributed by atoms with Gasteiger partial charge >= 0.3 is 0 Å². The zero-order valence-corrected chi connectivity index (χ0v) is 22.8. The van der Waals surface area contributed by atoms with Crippen molar-refractivity contribution >= 4 is 11.6 Å². The van der Waals surface area contributed by atoms with Gasteiger partial charge in [-0.2, -0.15) is 5.06 Å². The topological polar surface area (TPSA) is 97.3 Å². The van der Waals surface area contributed by atoms with Crippen molar-refractivity contribution in [1.82, 2.24) is 15.3 Å². The molecule has 0 aromatic heterocycles. The lowest BCUT2D eigenvalue weighted by atomic mass is 9.45. The van der Waals surface area contributed by atoms with Crippen LogP contribution < -0.4 is 10.6 Å². The molecule has 1 amide bonds. The van der Waals surface area contributed by atoms with E-state index < -0.39 is 24.2 Å². The number of rotatable bonds is 10. The van der Waals surface area contributed by atoms with Gasteiger partial charge in [0.2, 0.25) is 5.91 Å². The van der Waals surface area contributed by atoms with Crippen molar-refractivity contribution in [2.24, 2.45) is 29.1 Å². The Balaban J connectivity index is 1.48. The van der Waals surface area contributed by atoms with Crippen LogP contribution in [0.3, 0.4) is 0 Å². The molecule has 1 unspecified atom stereocenters. The molecule has 0 spiro atoms. The van der Waals surface area contributed by atoms with Crippen LogP contribution in [0.25, 0.3) is 0 Å². The van der Waals surface area contributed by atoms with Crippen molar-refractivity contribution in [3.8, 4) is 0 Å². The molecule has 4 fully saturated rings. The van der Waals surface area contributed by atoms with E-state index in [9.17, 15) is 15.0 Å². The number of nitrogens with zero attached hydrogens (tertiary/aromatic N) is 2. The quantitative estimate of drug-likeness (QED) is 0.390. The van der Waals surface area contributed by atoms with E-state index in [4.69, 9.17) is 4.84 Å². The van der Waals surface area contributed by atoms with E-state index >= 15 is 0 Å². The number of carbonyl (C=O) groups is 1. The maximum Gasteiger partial charge on any atom is 0.240 e. The van der Waals surface area contributed by atoms with Crippen molar-refractivity contribution in [2.45, 2.75) is 71.4 Å². The normalized spacial score (nSPS) is 34.3. The summed E-state index contributed by atoms with van der Waals surface area (Å²) < 4.78 is 0. The van der Waals surface area contributed by atoms with Crippen molar-refractivity contribution in [1.29, 1.82) is 0 Å². The molecule has 1 aromatic rings. The monoisotopic (exact) mass is 502 g/mol. The summed E-state index contributed by atoms with van der Waals surface area (Å²) in [6, 6.07) is 7.55. The molecule has 36 heavy (non-hydrogen) atoms. The Bertz CT molecular complexity index is 907. The van der Waals surface area contributed by atoms with Crippen LogP contribution in [0, 0.1) is 29.1 Å². The highest BCUT2D eigenvalue weighted by Crippen LogP contribution is 2.61. The number of likely N-dealkylation sites (N-methyl/N-ethyl adjacent to an activating group) is 1. The Morgan fingerprint density at radius 1 is 1.31 bits per heavy atom. The van der Waals surface area contributed by atoms with E-state index in [-0.39, 0.29) is 18.6 Å². The van der Waals surface area contributed by atoms with Crippen LogP contribution in [0.1, 0.15) is 46.1 Å². The summed E-state index contributed by atoms with van der Waals surface area (Å²) in [5, 5.41) is 29.1. The number of hydroxylamine groups is 2. The molecule has 1 heterocycles. The summed E-state index contributed by atoms with van der Waals surface area (Å²) in [4.78, 5) is 22.0. The van der Waals surface area contributed by atoms with Crippen molar-refractivity contribution < 1.29 is 19.8 Å². The van der Waals surface area contributed by atoms with Crippen molar-refractivity contribution in [3.05, 3.63) is 29.8 Å². The Morgan fingerprint density at radius 3 is 2.67 bits per heavy atom. The fourth-order valence-corrected chi connectivity index (χ4v) is 6.87. The highest BCUT2D eigenvalue weighted by atomic mass is 16.7. The molecule has 202 valence electrons. The molecule has 3 saturated carbocycles. The molecule has 4 N–H and O–H groups in total. The summed E-state index contributed by atoms with van der Waals surface area (Å²) in [5.74, 6) is 1.04. The number of nitrogens with one attached hydrogen (secondary N) is 2. The van der Waals surface area contributed by atoms with Gasteiger partial charge in [-0.1, -0.05) is 32.9 Å². The van der Waals surface area contributed by atoms with Crippen LogP contribution >= 0.6 is 0 Å². The van der Waals surface area contributed by atoms with Crippen LogP contribution in [0.5, 0.6) is 0 Å². The van der Waals surface area contributed by atoms with Gasteiger partial charge in [0.25, 0.3) is 0 Å². The average molecular weight is 503 g/mol. The molecule has 1 saturated heterocycles. The number of hydrogen-bond donors (Lipinski definition) is 4. The predicted octanol–water partition coefficient (Wildman–Crippen LogP) is 2.32. The fraction of sp³-hybridized carbons (Fsp3) is 0.750. The molecule has 2 bridgehead atoms. The minimum absolute atomic E-state index is 0.118. The van der Waals surface area contributed by atoms with Crippen LogP contribution in [0.15, 0.2) is 24.3 Å². The van der Waals surface area contributed by atoms with Gasteiger partial charge in [-0.3, -0.25) is 9.63 Å². The fourth-order valence-electron chi connectivity index (χ4n) is 6.87. The number of anilines is 1. The second kappa shape index (κ2) is 11.0. The third-order valence-electron chi connectivity index (χ3n) is 9.22. The first-order valence-corrected chi connectivity index (χ1v) is 13.5. The number of aliphatic hydroxyl groups is 2. The molecule has 8 atom stereocenters. The third kappa shape index (κ3) is 5.43. The van der Waals surface area contributed by atoms with Gasteiger partial charge in [-0.05, 0) is 74.7 Å². The second-order valence-electron chi connectivity index (χ2n) is 12.2. The lowest BCUT2D eigenvalue weighted by Gasteiger charge is -2.62. The number of fused-ring (bicyclic) bond motifs is 2. The van der Waals surface area contributed by atoms with Crippen LogP contribution in [-0.2, 0) is 16.2 Å². The number of aliphatic hydroxyl groups excluding tert-OH is 2. The molecule has 8 heteroatoms. The Hall–Kier alpha value is -1.71. The van der Waals surface area contributed by atoms with E-state index in [1.807, 2.05) is 32.3 Å². The number of carbonyl (C=O) groups excluding carboxylic acids is 1. The van der Waals surface area contributed by atoms with Crippen LogP contribution in [0.2, 0.25) is 0 Å². The molecular weight excluding hydrogens is 456 g/mol. The Morgan fingerprint density at radius 2 is 2.06 bits per heavy atom. The summed E-state index contributed by atoms with van der Waals surface area (Å²) in [6.45, 7) is 10.5. The molecule has 3 aliphatic carbocycles. The first kappa shape index (κ1) is 27.3. The van der Waals surface area contributed by atoms with E-state index in [1.54, 1.807) is 12.0 Å². The highest BCUT2D eigenvalue weighted by molar-refractivity contribution is 5.82. The molecule has 4 aliphatic rings. The van der Waals surface area contributed by atoms with Gasteiger partial charge < -0.3 is 25.7 Å². The first-order chi connectivity index (χ1) is 17.0. The lowest BCUT2D eigenvalue weighted by Crippen LogP contribution is -2.62. The molecular formula is C28H46N4O4. The molecule has 5 rings (SSSR count). The van der Waals surface area contributed by atoms with Crippen molar-refractivity contribution in [3.63, 3.8) is 0 Å². The summed E-state index contributed by atoms with van der Waals surface area (Å²) >= 11 is 0. The van der Waals surface area contributed by atoms with E-state index in [0.29, 0.717) is 29.7 Å². The standard InChI is InChI=1S/C28H46N4O4/c1-17-22-13-20(28(22,3)4)14-23(17)30-27(35)26-25(18(2)34)24(16-33)36-32(26)15-19-8-7-9-21(12-19)29-10-11-31(5)6/h7-9,12,17-18,20,22-26,29,33-34H,10-11,13-16H2,1-6H3,(H,30,35)/t17?,18-,20+,22-,23-,24-,25+,26-/m0/s1. The van der Waals surface area contributed by atoms with E-state index in [0.717, 1.165) is 30.8 Å². The van der Waals surface area contributed by atoms with Gasteiger partial charge in [0.05, 0.1) is 19.3 Å². The smallest absolute Gasteiger partial charge is 0.240 e. The molecule has 1 aliphatic heterocycles.